The number of anilines is 2. The van der Waals surface area contributed by atoms with E-state index in [0.717, 1.165) is 24.3 Å². The molecule has 2 amide bonds. The third-order valence-corrected chi connectivity index (χ3v) is 7.56. The molecule has 182 valence electrons. The van der Waals surface area contributed by atoms with Gasteiger partial charge >= 0.3 is 0 Å². The van der Waals surface area contributed by atoms with Crippen molar-refractivity contribution in [1.29, 1.82) is 0 Å². The molecule has 2 N–H and O–H groups in total. The van der Waals surface area contributed by atoms with Gasteiger partial charge in [0, 0.05) is 30.4 Å². The highest BCUT2D eigenvalue weighted by atomic mass is 32.1. The lowest BCUT2D eigenvalue weighted by molar-refractivity contribution is -0.142. The second-order valence-corrected chi connectivity index (χ2v) is 10.0. The molecule has 1 aromatic carbocycles. The van der Waals surface area contributed by atoms with E-state index in [-0.39, 0.29) is 18.4 Å². The van der Waals surface area contributed by atoms with Crippen LogP contribution in [0.4, 0.5) is 10.8 Å². The normalized spacial score (nSPS) is 17.9. The predicted octanol–water partition coefficient (Wildman–Crippen LogP) is 3.97. The van der Waals surface area contributed by atoms with Gasteiger partial charge in [-0.15, -0.1) is 11.3 Å². The summed E-state index contributed by atoms with van der Waals surface area (Å²) >= 11 is 6.94. The summed E-state index contributed by atoms with van der Waals surface area (Å²) in [4.78, 5) is 34.2. The van der Waals surface area contributed by atoms with Crippen LogP contribution in [0.2, 0.25) is 0 Å². The molecule has 0 bridgehead atoms. The van der Waals surface area contributed by atoms with Gasteiger partial charge in [-0.1, -0.05) is 32.1 Å². The summed E-state index contributed by atoms with van der Waals surface area (Å²) in [5.41, 5.74) is 0.832. The third-order valence-electron chi connectivity index (χ3n) is 6.51. The van der Waals surface area contributed by atoms with Gasteiger partial charge in [-0.05, 0) is 48.8 Å². The van der Waals surface area contributed by atoms with E-state index in [1.807, 2.05) is 34.5 Å². The Hall–Kier alpha value is -2.72. The van der Waals surface area contributed by atoms with Crippen molar-refractivity contribution < 1.29 is 14.3 Å². The highest BCUT2D eigenvalue weighted by Crippen LogP contribution is 2.30. The van der Waals surface area contributed by atoms with Crippen LogP contribution in [0, 0.1) is 5.92 Å². The van der Waals surface area contributed by atoms with Gasteiger partial charge in [-0.3, -0.25) is 9.59 Å². The number of rotatable bonds is 7. The van der Waals surface area contributed by atoms with Crippen molar-refractivity contribution in [3.8, 4) is 5.75 Å². The molecule has 0 radical (unpaired) electrons. The Balaban J connectivity index is 1.40. The average molecular weight is 502 g/mol. The fourth-order valence-corrected chi connectivity index (χ4v) is 5.46. The third kappa shape index (κ3) is 6.24. The Morgan fingerprint density at radius 3 is 2.62 bits per heavy atom. The van der Waals surface area contributed by atoms with E-state index in [9.17, 15) is 9.59 Å². The number of benzene rings is 1. The second-order valence-electron chi connectivity index (χ2n) is 8.75. The lowest BCUT2D eigenvalue weighted by atomic mass is 9.84. The SMILES string of the molecule is COc1ccc(NC(=S)N2CCN([C@@H](CC3CCCCC3)C(=O)Nc3nccs3)C(=O)C2)cc1. The molecule has 1 saturated heterocycles. The molecule has 0 spiro atoms. The van der Waals surface area contributed by atoms with Gasteiger partial charge in [0.15, 0.2) is 10.2 Å². The molecule has 0 unspecified atom stereocenters. The molecule has 1 saturated carbocycles. The number of carbonyl (C=O) groups excluding carboxylic acids is 2. The first-order chi connectivity index (χ1) is 16.5. The number of nitrogens with zero attached hydrogens (tertiary/aromatic N) is 3. The molecule has 1 aliphatic carbocycles. The zero-order valence-corrected chi connectivity index (χ0v) is 21.0. The summed E-state index contributed by atoms with van der Waals surface area (Å²) in [6.07, 6.45) is 8.23. The van der Waals surface area contributed by atoms with Crippen molar-refractivity contribution >= 4 is 51.3 Å². The summed E-state index contributed by atoms with van der Waals surface area (Å²) < 4.78 is 5.19. The van der Waals surface area contributed by atoms with Crippen LogP contribution < -0.4 is 15.4 Å². The van der Waals surface area contributed by atoms with Crippen LogP contribution in [0.5, 0.6) is 5.75 Å². The molecule has 4 rings (SSSR count). The Bertz CT molecular complexity index is 977. The average Bonchev–Trinajstić information content (AvgIpc) is 3.37. The number of methoxy groups -OCH3 is 1. The molecule has 2 heterocycles. The van der Waals surface area contributed by atoms with E-state index in [4.69, 9.17) is 17.0 Å². The van der Waals surface area contributed by atoms with Gasteiger partial charge < -0.3 is 25.2 Å². The van der Waals surface area contributed by atoms with Crippen LogP contribution in [0.1, 0.15) is 38.5 Å². The molecule has 2 aliphatic rings. The molecule has 1 aromatic heterocycles. The number of thiocarbonyl (C=S) groups is 1. The molecule has 2 fully saturated rings. The van der Waals surface area contributed by atoms with Gasteiger partial charge in [0.1, 0.15) is 11.8 Å². The molecule has 10 heteroatoms. The highest BCUT2D eigenvalue weighted by molar-refractivity contribution is 7.80. The van der Waals surface area contributed by atoms with Gasteiger partial charge in [0.25, 0.3) is 0 Å². The number of hydrogen-bond donors (Lipinski definition) is 2. The molecule has 2 aromatic rings. The van der Waals surface area contributed by atoms with Crippen LogP contribution in [0.15, 0.2) is 35.8 Å². The van der Waals surface area contributed by atoms with Gasteiger partial charge in [0.05, 0.1) is 13.7 Å². The number of amides is 2. The summed E-state index contributed by atoms with van der Waals surface area (Å²) in [6, 6.07) is 6.97. The first-order valence-corrected chi connectivity index (χ1v) is 13.0. The van der Waals surface area contributed by atoms with Crippen molar-refractivity contribution in [3.63, 3.8) is 0 Å². The van der Waals surface area contributed by atoms with Crippen LogP contribution in [-0.4, -0.2) is 64.5 Å². The Morgan fingerprint density at radius 2 is 1.97 bits per heavy atom. The zero-order chi connectivity index (χ0) is 23.9. The number of piperazine rings is 1. The van der Waals surface area contributed by atoms with E-state index in [1.165, 1.54) is 30.6 Å². The van der Waals surface area contributed by atoms with Crippen molar-refractivity contribution in [1.82, 2.24) is 14.8 Å². The lowest BCUT2D eigenvalue weighted by Gasteiger charge is -2.40. The minimum atomic E-state index is -0.496. The summed E-state index contributed by atoms with van der Waals surface area (Å²) in [5.74, 6) is 0.992. The van der Waals surface area contributed by atoms with Crippen molar-refractivity contribution in [2.75, 3.05) is 37.4 Å². The molecule has 1 atom stereocenters. The van der Waals surface area contributed by atoms with Crippen molar-refractivity contribution in [3.05, 3.63) is 35.8 Å². The topological polar surface area (TPSA) is 86.8 Å². The Labute approximate surface area is 209 Å². The fourth-order valence-electron chi connectivity index (χ4n) is 4.65. The maximum atomic E-state index is 13.2. The minimum Gasteiger partial charge on any atom is -0.497 e. The second kappa shape index (κ2) is 11.6. The van der Waals surface area contributed by atoms with Gasteiger partial charge in [-0.25, -0.2) is 4.98 Å². The number of ether oxygens (including phenoxy) is 1. The Kier molecular flexibility index (Phi) is 8.34. The van der Waals surface area contributed by atoms with E-state index in [2.05, 4.69) is 15.6 Å². The number of carbonyl (C=O) groups is 2. The van der Waals surface area contributed by atoms with E-state index in [1.54, 1.807) is 18.2 Å². The smallest absolute Gasteiger partial charge is 0.248 e. The monoisotopic (exact) mass is 501 g/mol. The van der Waals surface area contributed by atoms with E-state index >= 15 is 0 Å². The van der Waals surface area contributed by atoms with E-state index in [0.29, 0.717) is 35.7 Å². The fraction of sp³-hybridized carbons (Fsp3) is 0.500. The number of thiazole rings is 1. The number of aromatic nitrogens is 1. The van der Waals surface area contributed by atoms with Crippen molar-refractivity contribution in [2.45, 2.75) is 44.6 Å². The lowest BCUT2D eigenvalue weighted by Crippen LogP contribution is -2.59. The van der Waals surface area contributed by atoms with Crippen molar-refractivity contribution in [2.24, 2.45) is 5.92 Å². The summed E-state index contributed by atoms with van der Waals surface area (Å²) in [5, 5.41) is 8.99. The maximum Gasteiger partial charge on any atom is 0.248 e. The minimum absolute atomic E-state index is 0.0831. The standard InChI is InChI=1S/C24H31N5O3S2/c1-32-19-9-7-18(8-10-19)26-24(33)28-12-13-29(21(30)16-28)20(15-17-5-3-2-4-6-17)22(31)27-23-25-11-14-34-23/h7-11,14,17,20H,2-6,12-13,15-16H2,1H3,(H,26,33)(H,25,27,31)/t20-/m0/s1. The molecule has 34 heavy (non-hydrogen) atoms. The van der Waals surface area contributed by atoms with Gasteiger partial charge in [0.2, 0.25) is 11.8 Å². The zero-order valence-electron chi connectivity index (χ0n) is 19.4. The highest BCUT2D eigenvalue weighted by Gasteiger charge is 2.36. The summed E-state index contributed by atoms with van der Waals surface area (Å²) in [7, 11) is 1.62. The Morgan fingerprint density at radius 1 is 1.21 bits per heavy atom. The van der Waals surface area contributed by atoms with Gasteiger partial charge in [-0.2, -0.15) is 0 Å². The predicted molar refractivity (Wildman–Crippen MR) is 138 cm³/mol. The first-order valence-electron chi connectivity index (χ1n) is 11.7. The van der Waals surface area contributed by atoms with Crippen LogP contribution in [0.3, 0.4) is 0 Å². The summed E-state index contributed by atoms with van der Waals surface area (Å²) in [6.45, 7) is 1.17. The first kappa shape index (κ1) is 24.4. The number of hydrogen-bond acceptors (Lipinski definition) is 6. The van der Waals surface area contributed by atoms with E-state index < -0.39 is 6.04 Å². The molecular formula is C24H31N5O3S2. The molecular weight excluding hydrogens is 470 g/mol. The largest absolute Gasteiger partial charge is 0.497 e. The van der Waals surface area contributed by atoms with Crippen LogP contribution in [-0.2, 0) is 9.59 Å². The molecule has 8 nitrogen and oxygen atoms in total. The van der Waals surface area contributed by atoms with Crippen LogP contribution in [0.25, 0.3) is 0 Å². The van der Waals surface area contributed by atoms with Crippen LogP contribution >= 0.6 is 23.6 Å². The maximum absolute atomic E-state index is 13.2. The number of nitrogens with one attached hydrogen (secondary N) is 2. The molecule has 1 aliphatic heterocycles. The quantitative estimate of drug-likeness (QED) is 0.555.